The Labute approximate surface area is 232 Å². The Morgan fingerprint density at radius 1 is 0.950 bits per heavy atom. The number of carbonyl (C=O) groups is 2. The van der Waals surface area contributed by atoms with E-state index < -0.39 is 32.7 Å². The van der Waals surface area contributed by atoms with Crippen LogP contribution in [0.5, 0.6) is 0 Å². The summed E-state index contributed by atoms with van der Waals surface area (Å²) in [7, 11) is -4.38. The summed E-state index contributed by atoms with van der Waals surface area (Å²) in [5.74, 6) is -1.63. The second kappa shape index (κ2) is 9.48. The molecule has 2 aliphatic rings. The number of amides is 1. The Balaban J connectivity index is 1.81. The first-order valence-corrected chi connectivity index (χ1v) is 14.1. The van der Waals surface area contributed by atoms with Crippen LogP contribution in [-0.2, 0) is 29.8 Å². The lowest BCUT2D eigenvalue weighted by molar-refractivity contribution is -0.149. The maximum atomic E-state index is 14.5. The van der Waals surface area contributed by atoms with Gasteiger partial charge in [0.1, 0.15) is 23.1 Å². The first-order chi connectivity index (χ1) is 19.1. The molecule has 1 aliphatic carbocycles. The van der Waals surface area contributed by atoms with Gasteiger partial charge in [-0.25, -0.2) is 12.7 Å². The first kappa shape index (κ1) is 26.9. The predicted octanol–water partition coefficient (Wildman–Crippen LogP) is 4.73. The topological polar surface area (TPSA) is 128 Å². The van der Waals surface area contributed by atoms with Gasteiger partial charge in [0.2, 0.25) is 0 Å². The number of ether oxygens (including phenoxy) is 1. The van der Waals surface area contributed by atoms with E-state index in [4.69, 9.17) is 4.74 Å². The van der Waals surface area contributed by atoms with Crippen LogP contribution in [0.3, 0.4) is 0 Å². The van der Waals surface area contributed by atoms with Gasteiger partial charge in [-0.15, -0.1) is 0 Å². The van der Waals surface area contributed by atoms with Crippen LogP contribution in [0.1, 0.15) is 35.6 Å². The zero-order chi connectivity index (χ0) is 28.9. The highest BCUT2D eigenvalue weighted by atomic mass is 32.2. The van der Waals surface area contributed by atoms with Gasteiger partial charge in [0.05, 0.1) is 22.6 Å². The molecule has 9 heteroatoms. The van der Waals surface area contributed by atoms with Crippen molar-refractivity contribution in [3.05, 3.63) is 101 Å². The molecule has 1 spiro atoms. The molecule has 0 bridgehead atoms. The molecule has 0 unspecified atom stereocenters. The zero-order valence-corrected chi connectivity index (χ0v) is 23.0. The van der Waals surface area contributed by atoms with Gasteiger partial charge >= 0.3 is 5.97 Å². The monoisotopic (exact) mass is 551 g/mol. The van der Waals surface area contributed by atoms with E-state index in [1.807, 2.05) is 26.0 Å². The van der Waals surface area contributed by atoms with Crippen molar-refractivity contribution in [3.63, 3.8) is 0 Å². The van der Waals surface area contributed by atoms with Crippen LogP contribution < -0.4 is 4.31 Å². The molecule has 1 amide bonds. The maximum Gasteiger partial charge on any atom is 0.318 e. The van der Waals surface area contributed by atoms with E-state index >= 15 is 0 Å². The normalized spacial score (nSPS) is 20.8. The molecule has 200 valence electrons. The van der Waals surface area contributed by atoms with Gasteiger partial charge in [0.25, 0.3) is 15.9 Å². The highest BCUT2D eigenvalue weighted by Gasteiger charge is 2.83. The summed E-state index contributed by atoms with van der Waals surface area (Å²) in [4.78, 5) is 28.3. The smallest absolute Gasteiger partial charge is 0.318 e. The Morgan fingerprint density at radius 3 is 2.10 bits per heavy atom. The van der Waals surface area contributed by atoms with Crippen molar-refractivity contribution in [1.29, 1.82) is 10.5 Å². The SMILES string of the molecule is CCOC(=O)[C@@]1(C(=C(C#N)C#N)c2ccc(C)cc2)C[C@]12C(=O)N(S(=O)(=O)c1ccc(C)cc1)c1ccccc12. The van der Waals surface area contributed by atoms with Crippen LogP contribution in [0.2, 0.25) is 0 Å². The number of esters is 1. The molecule has 8 nitrogen and oxygen atoms in total. The summed E-state index contributed by atoms with van der Waals surface area (Å²) < 4.78 is 34.1. The molecule has 40 heavy (non-hydrogen) atoms. The van der Waals surface area contributed by atoms with Crippen molar-refractivity contribution in [2.24, 2.45) is 5.41 Å². The molecular weight excluding hydrogens is 526 g/mol. The fourth-order valence-corrected chi connectivity index (χ4v) is 7.25. The molecule has 1 aliphatic heterocycles. The molecule has 1 saturated carbocycles. The van der Waals surface area contributed by atoms with Crippen LogP contribution in [0.25, 0.3) is 5.57 Å². The highest BCUT2D eigenvalue weighted by Crippen LogP contribution is 2.75. The number of nitriles is 2. The quantitative estimate of drug-likeness (QED) is 0.320. The van der Waals surface area contributed by atoms with Gasteiger partial charge in [0.15, 0.2) is 0 Å². The van der Waals surface area contributed by atoms with Crippen LogP contribution >= 0.6 is 0 Å². The van der Waals surface area contributed by atoms with Crippen LogP contribution in [0.4, 0.5) is 5.69 Å². The fourth-order valence-electron chi connectivity index (χ4n) is 5.77. The van der Waals surface area contributed by atoms with Crippen LogP contribution in [0.15, 0.2) is 83.3 Å². The minimum absolute atomic E-state index is 0.0203. The largest absolute Gasteiger partial charge is 0.465 e. The Kier molecular flexibility index (Phi) is 6.36. The molecule has 1 heterocycles. The average Bonchev–Trinajstić information content (AvgIpc) is 3.57. The minimum atomic E-state index is -4.38. The highest BCUT2D eigenvalue weighted by molar-refractivity contribution is 7.93. The van der Waals surface area contributed by atoms with E-state index in [0.717, 1.165) is 15.4 Å². The third-order valence-electron chi connectivity index (χ3n) is 7.69. The standard InChI is InChI=1S/C31H25N3O5S/c1-4-39-29(36)31(27(23(17-32)18-33)22-13-9-20(2)10-14-22)19-30(31)25-7-5-6-8-26(25)34(28(30)35)40(37,38)24-15-11-21(3)12-16-24/h5-16H,4,19H2,1-3H3/t30-,31-/m0/s1. The van der Waals surface area contributed by atoms with Gasteiger partial charge in [0, 0.05) is 5.57 Å². The third-order valence-corrected chi connectivity index (χ3v) is 9.40. The van der Waals surface area contributed by atoms with Gasteiger partial charge < -0.3 is 4.74 Å². The molecule has 2 atom stereocenters. The molecule has 0 saturated heterocycles. The lowest BCUT2D eigenvalue weighted by Crippen LogP contribution is -2.41. The van der Waals surface area contributed by atoms with Gasteiger partial charge in [-0.1, -0.05) is 65.7 Å². The summed E-state index contributed by atoms with van der Waals surface area (Å²) >= 11 is 0. The summed E-state index contributed by atoms with van der Waals surface area (Å²) in [6.07, 6.45) is -0.162. The number of para-hydroxylation sites is 1. The summed E-state index contributed by atoms with van der Waals surface area (Å²) in [6.45, 7) is 5.28. The number of carbonyl (C=O) groups excluding carboxylic acids is 2. The third kappa shape index (κ3) is 3.59. The fraction of sp³-hybridized carbons (Fsp3) is 0.226. The number of rotatable bonds is 6. The average molecular weight is 552 g/mol. The summed E-state index contributed by atoms with van der Waals surface area (Å²) in [5.41, 5.74) is -1.20. The van der Waals surface area contributed by atoms with Gasteiger partial charge in [-0.3, -0.25) is 9.59 Å². The molecule has 0 radical (unpaired) electrons. The second-order valence-electron chi connectivity index (χ2n) is 9.95. The number of anilines is 1. The number of sulfonamides is 1. The second-order valence-corrected chi connectivity index (χ2v) is 11.7. The van der Waals surface area contributed by atoms with E-state index in [2.05, 4.69) is 0 Å². The van der Waals surface area contributed by atoms with E-state index in [0.29, 0.717) is 11.1 Å². The number of hydrogen-bond acceptors (Lipinski definition) is 7. The number of allylic oxidation sites excluding steroid dienone is 1. The molecule has 1 fully saturated rings. The number of aryl methyl sites for hydroxylation is 2. The van der Waals surface area contributed by atoms with Crippen molar-refractivity contribution >= 4 is 33.2 Å². The Morgan fingerprint density at radius 2 is 1.52 bits per heavy atom. The molecule has 3 aromatic carbocycles. The van der Waals surface area contributed by atoms with Gasteiger partial charge in [-0.2, -0.15) is 10.5 Å². The first-order valence-electron chi connectivity index (χ1n) is 12.6. The van der Waals surface area contributed by atoms with Crippen molar-refractivity contribution in [3.8, 4) is 12.1 Å². The summed E-state index contributed by atoms with van der Waals surface area (Å²) in [6, 6.07) is 23.2. The number of nitrogens with zero attached hydrogens (tertiary/aromatic N) is 3. The number of fused-ring (bicyclic) bond motifs is 2. The van der Waals surface area contributed by atoms with Crippen molar-refractivity contribution in [2.75, 3.05) is 10.9 Å². The van der Waals surface area contributed by atoms with E-state index in [-0.39, 0.29) is 34.8 Å². The van der Waals surface area contributed by atoms with Gasteiger partial charge in [-0.05, 0) is 56.5 Å². The minimum Gasteiger partial charge on any atom is -0.465 e. The Hall–Kier alpha value is -4.73. The van der Waals surface area contributed by atoms with E-state index in [1.54, 1.807) is 61.5 Å². The van der Waals surface area contributed by atoms with Crippen molar-refractivity contribution < 1.29 is 22.7 Å². The Bertz CT molecular complexity index is 1760. The zero-order valence-electron chi connectivity index (χ0n) is 22.1. The predicted molar refractivity (Wildman–Crippen MR) is 147 cm³/mol. The molecular formula is C31H25N3O5S. The van der Waals surface area contributed by atoms with E-state index in [9.17, 15) is 28.5 Å². The summed E-state index contributed by atoms with van der Waals surface area (Å²) in [5, 5.41) is 20.0. The van der Waals surface area contributed by atoms with E-state index in [1.165, 1.54) is 18.2 Å². The van der Waals surface area contributed by atoms with Crippen LogP contribution in [-0.4, -0.2) is 26.9 Å². The number of benzene rings is 3. The van der Waals surface area contributed by atoms with Crippen molar-refractivity contribution in [1.82, 2.24) is 0 Å². The lowest BCUT2D eigenvalue weighted by Gasteiger charge is -2.25. The molecule has 0 N–H and O–H groups in total. The maximum absolute atomic E-state index is 14.5. The van der Waals surface area contributed by atoms with Crippen molar-refractivity contribution in [2.45, 2.75) is 37.5 Å². The molecule has 0 aromatic heterocycles. The molecule has 5 rings (SSSR count). The van der Waals surface area contributed by atoms with Crippen LogP contribution in [0, 0.1) is 41.9 Å². The number of hydrogen-bond donors (Lipinski definition) is 0. The molecule has 3 aromatic rings. The lowest BCUT2D eigenvalue weighted by atomic mass is 9.77.